The highest BCUT2D eigenvalue weighted by Gasteiger charge is 2.29. The van der Waals surface area contributed by atoms with Crippen LogP contribution in [0.2, 0.25) is 5.02 Å². The first-order valence-electron chi connectivity index (χ1n) is 10.7. The van der Waals surface area contributed by atoms with Crippen molar-refractivity contribution in [2.75, 3.05) is 16.4 Å². The number of anilines is 2. The highest BCUT2D eigenvalue weighted by molar-refractivity contribution is 7.84. The van der Waals surface area contributed by atoms with Crippen molar-refractivity contribution in [1.29, 1.82) is 0 Å². The van der Waals surface area contributed by atoms with Gasteiger partial charge in [0, 0.05) is 16.4 Å². The second-order valence-electron chi connectivity index (χ2n) is 8.25. The summed E-state index contributed by atoms with van der Waals surface area (Å²) in [6.45, 7) is 5.59. The third-order valence-electron chi connectivity index (χ3n) is 5.44. The molecule has 0 aliphatic rings. The van der Waals surface area contributed by atoms with E-state index in [0.29, 0.717) is 22.2 Å². The Labute approximate surface area is 202 Å². The van der Waals surface area contributed by atoms with Crippen LogP contribution in [0.1, 0.15) is 31.9 Å². The first-order chi connectivity index (χ1) is 15.7. The second kappa shape index (κ2) is 10.8. The van der Waals surface area contributed by atoms with Gasteiger partial charge in [-0.15, -0.1) is 4.21 Å². The molecule has 0 radical (unpaired) electrons. The molecule has 0 aliphatic carbocycles. The smallest absolute Gasteiger partial charge is 0.234 e. The van der Waals surface area contributed by atoms with E-state index in [4.69, 9.17) is 11.6 Å². The molecule has 3 rings (SSSR count). The summed E-state index contributed by atoms with van der Waals surface area (Å²) in [5.41, 5.74) is 2.24. The number of hydrogen-bond acceptors (Lipinski definition) is 3. The van der Waals surface area contributed by atoms with Gasteiger partial charge in [-0.25, -0.2) is 0 Å². The number of nitrogens with one attached hydrogen (secondary N) is 2. The third kappa shape index (κ3) is 6.53. The molecule has 0 aliphatic heterocycles. The summed E-state index contributed by atoms with van der Waals surface area (Å²) in [6.07, 6.45) is 0.222. The molecule has 3 aromatic rings. The maximum absolute atomic E-state index is 12.8. The van der Waals surface area contributed by atoms with E-state index in [0.717, 1.165) is 16.0 Å². The average molecular weight is 484 g/mol. The second-order valence-corrected chi connectivity index (χ2v) is 10.6. The Morgan fingerprint density at radius 1 is 0.848 bits per heavy atom. The van der Waals surface area contributed by atoms with Gasteiger partial charge in [0.05, 0.1) is 11.8 Å². The Morgan fingerprint density at radius 3 is 1.97 bits per heavy atom. The molecule has 5 nitrogen and oxygen atoms in total. The molecule has 0 heterocycles. The Hall–Kier alpha value is -2.96. The summed E-state index contributed by atoms with van der Waals surface area (Å²) >= 11 is 5.90. The van der Waals surface area contributed by atoms with Crippen LogP contribution in [-0.4, -0.2) is 17.6 Å². The van der Waals surface area contributed by atoms with Gasteiger partial charge < -0.3 is 10.6 Å². The fourth-order valence-corrected chi connectivity index (χ4v) is 4.25. The fraction of sp³-hybridized carbons (Fsp3) is 0.231. The van der Waals surface area contributed by atoms with Gasteiger partial charge in [-0.3, -0.25) is 9.59 Å². The van der Waals surface area contributed by atoms with Gasteiger partial charge in [-0.2, -0.15) is 0 Å². The number of carbonyl (C=O) groups is 2. The highest BCUT2D eigenvalue weighted by atomic mass is 35.5. The van der Waals surface area contributed by atoms with E-state index in [1.54, 1.807) is 36.4 Å². The van der Waals surface area contributed by atoms with E-state index in [1.807, 2.05) is 57.2 Å². The summed E-state index contributed by atoms with van der Waals surface area (Å²) in [6, 6.07) is 21.5. The number of rotatable bonds is 8. The molecule has 0 bridgehead atoms. The van der Waals surface area contributed by atoms with Crippen LogP contribution in [0.5, 0.6) is 0 Å². The number of hydrogen-bond donors (Lipinski definition) is 2. The van der Waals surface area contributed by atoms with E-state index in [-0.39, 0.29) is 18.2 Å². The predicted octanol–water partition coefficient (Wildman–Crippen LogP) is 5.51. The molecular formula is C26H28ClN2O3S+. The summed E-state index contributed by atoms with van der Waals surface area (Å²) in [7, 11) is -1.36. The zero-order valence-electron chi connectivity index (χ0n) is 18.9. The molecule has 2 amide bonds. The molecule has 172 valence electrons. The van der Waals surface area contributed by atoms with Crippen LogP contribution in [0.3, 0.4) is 0 Å². The van der Waals surface area contributed by atoms with Crippen molar-refractivity contribution >= 4 is 45.6 Å². The monoisotopic (exact) mass is 483 g/mol. The van der Waals surface area contributed by atoms with Crippen LogP contribution in [0.15, 0.2) is 77.7 Å². The maximum atomic E-state index is 12.8. The summed E-state index contributed by atoms with van der Waals surface area (Å²) in [5.74, 6) is 0.315. The largest absolute Gasteiger partial charge is 0.326 e. The predicted molar refractivity (Wildman–Crippen MR) is 137 cm³/mol. The van der Waals surface area contributed by atoms with E-state index in [1.165, 1.54) is 0 Å². The van der Waals surface area contributed by atoms with Crippen LogP contribution in [0.4, 0.5) is 11.4 Å². The van der Waals surface area contributed by atoms with E-state index >= 15 is 0 Å². The maximum Gasteiger partial charge on any atom is 0.234 e. The molecule has 3 aromatic carbocycles. The zero-order chi connectivity index (χ0) is 24.0. The Bertz CT molecular complexity index is 1140. The topological polar surface area (TPSA) is 75.3 Å². The molecular weight excluding hydrogens is 456 g/mol. The normalized spacial score (nSPS) is 12.1. The molecule has 0 saturated carbocycles. The minimum absolute atomic E-state index is 0.143. The van der Waals surface area contributed by atoms with Crippen LogP contribution in [0.25, 0.3) is 0 Å². The van der Waals surface area contributed by atoms with Crippen LogP contribution in [-0.2, 0) is 36.4 Å². The fourth-order valence-electron chi connectivity index (χ4n) is 3.28. The molecule has 1 atom stereocenters. The molecule has 0 fully saturated rings. The summed E-state index contributed by atoms with van der Waals surface area (Å²) < 4.78 is 11.9. The molecule has 2 N–H and O–H groups in total. The molecule has 0 aromatic heterocycles. The Balaban J connectivity index is 1.60. The minimum Gasteiger partial charge on any atom is -0.326 e. The number of thiol groups is 1. The first kappa shape index (κ1) is 24.7. The van der Waals surface area contributed by atoms with Gasteiger partial charge in [0.15, 0.2) is 4.90 Å². The zero-order valence-corrected chi connectivity index (χ0v) is 20.5. The molecule has 0 spiro atoms. The molecule has 0 saturated heterocycles. The Morgan fingerprint density at radius 2 is 1.39 bits per heavy atom. The van der Waals surface area contributed by atoms with Gasteiger partial charge in [0.2, 0.25) is 11.8 Å². The lowest BCUT2D eigenvalue weighted by Gasteiger charge is -2.24. The number of carbonyl (C=O) groups excluding carboxylic acids is 2. The summed E-state index contributed by atoms with van der Waals surface area (Å²) in [5, 5.41) is 6.40. The highest BCUT2D eigenvalue weighted by Crippen LogP contribution is 2.27. The SMILES string of the molecule is CC[SH+](=O)c1ccc(CC(=O)Nc2ccc(C(C)(C)C(=O)Nc3ccc(Cl)cc3)cc2)cc1. The van der Waals surface area contributed by atoms with Gasteiger partial charge in [-0.05, 0) is 80.4 Å². The summed E-state index contributed by atoms with van der Waals surface area (Å²) in [4.78, 5) is 26.1. The lowest BCUT2D eigenvalue weighted by molar-refractivity contribution is -0.120. The van der Waals surface area contributed by atoms with Crippen LogP contribution >= 0.6 is 11.6 Å². The first-order valence-corrected chi connectivity index (χ1v) is 12.5. The standard InChI is InChI=1S/C26H27ClN2O3S/c1-4-33(32)23-15-5-18(6-16-23)17-24(30)28-21-11-7-19(8-12-21)26(2,3)25(31)29-22-13-9-20(27)10-14-22/h5-16H,4,17H2,1-3H3,(H,28,30)(H,29,31)/p+1. The van der Waals surface area contributed by atoms with Crippen molar-refractivity contribution in [3.05, 3.63) is 88.9 Å². The lowest BCUT2D eigenvalue weighted by atomic mass is 9.83. The van der Waals surface area contributed by atoms with Crippen LogP contribution in [0, 0.1) is 0 Å². The van der Waals surface area contributed by atoms with Crippen molar-refractivity contribution in [3.63, 3.8) is 0 Å². The van der Waals surface area contributed by atoms with E-state index < -0.39 is 16.2 Å². The van der Waals surface area contributed by atoms with E-state index in [9.17, 15) is 13.8 Å². The van der Waals surface area contributed by atoms with Gasteiger partial charge in [0.25, 0.3) is 0 Å². The lowest BCUT2D eigenvalue weighted by Crippen LogP contribution is -2.34. The van der Waals surface area contributed by atoms with Crippen molar-refractivity contribution in [2.24, 2.45) is 0 Å². The van der Waals surface area contributed by atoms with Gasteiger partial charge >= 0.3 is 0 Å². The minimum atomic E-state index is -1.36. The Kier molecular flexibility index (Phi) is 8.06. The van der Waals surface area contributed by atoms with Crippen LogP contribution < -0.4 is 10.6 Å². The number of benzene rings is 3. The van der Waals surface area contributed by atoms with E-state index in [2.05, 4.69) is 10.6 Å². The van der Waals surface area contributed by atoms with Gasteiger partial charge in [-0.1, -0.05) is 35.9 Å². The molecule has 7 heteroatoms. The molecule has 33 heavy (non-hydrogen) atoms. The van der Waals surface area contributed by atoms with Gasteiger partial charge in [0.1, 0.15) is 16.6 Å². The van der Waals surface area contributed by atoms with Crippen molar-refractivity contribution in [3.8, 4) is 0 Å². The quantitative estimate of drug-likeness (QED) is 0.327. The number of amides is 2. The van der Waals surface area contributed by atoms with Crippen molar-refractivity contribution < 1.29 is 13.8 Å². The van der Waals surface area contributed by atoms with Crippen molar-refractivity contribution in [2.45, 2.75) is 37.5 Å². The third-order valence-corrected chi connectivity index (χ3v) is 7.14. The van der Waals surface area contributed by atoms with Crippen molar-refractivity contribution in [1.82, 2.24) is 0 Å². The number of halogens is 1. The molecule has 1 unspecified atom stereocenters. The average Bonchev–Trinajstić information content (AvgIpc) is 2.80.